The fraction of sp³-hybridized carbons (Fsp3) is 0. The van der Waals surface area contributed by atoms with Gasteiger partial charge in [-0.1, -0.05) is 103 Å². The van der Waals surface area contributed by atoms with Gasteiger partial charge in [-0.15, -0.1) is 0 Å². The lowest BCUT2D eigenvalue weighted by Gasteiger charge is -2.33. The Bertz CT molecular complexity index is 2040. The van der Waals surface area contributed by atoms with Gasteiger partial charge in [-0.3, -0.25) is 4.98 Å². The molecule has 7 aromatic rings. The molecule has 8 rings (SSSR count). The van der Waals surface area contributed by atoms with E-state index >= 15 is 0 Å². The summed E-state index contributed by atoms with van der Waals surface area (Å²) < 4.78 is 0. The summed E-state index contributed by atoms with van der Waals surface area (Å²) in [6.45, 7) is 0. The summed E-state index contributed by atoms with van der Waals surface area (Å²) in [5.74, 6) is 0. The third-order valence-corrected chi connectivity index (χ3v) is 8.04. The second kappa shape index (κ2) is 9.62. The molecule has 0 fully saturated rings. The summed E-state index contributed by atoms with van der Waals surface area (Å²) in [6, 6.07) is 52.2. The molecule has 0 saturated carbocycles. The zero-order valence-corrected chi connectivity index (χ0v) is 22.4. The molecule has 41 heavy (non-hydrogen) atoms. The van der Waals surface area contributed by atoms with Crippen molar-refractivity contribution >= 4 is 27.8 Å². The standard InChI is InChI=1S/C39H26N2/c1-3-10-27(11-4-1)29-14-7-15-30(22-29)31-16-8-18-34(24-31)41-37-19-9-17-32-23-33(28-12-5-2-6-13-28)25-36(39(32)37)35-20-21-40-26-38(35)41/h1-26H. The monoisotopic (exact) mass is 522 g/mol. The lowest BCUT2D eigenvalue weighted by atomic mass is 9.88. The maximum atomic E-state index is 4.58. The number of rotatable bonds is 4. The first-order chi connectivity index (χ1) is 20.3. The Hall–Kier alpha value is -5.47. The summed E-state index contributed by atoms with van der Waals surface area (Å²) in [6.07, 6.45) is 3.90. The summed E-state index contributed by atoms with van der Waals surface area (Å²) in [5, 5.41) is 2.50. The highest BCUT2D eigenvalue weighted by atomic mass is 15.2. The Labute approximate surface area is 239 Å². The zero-order valence-electron chi connectivity index (χ0n) is 22.4. The van der Waals surface area contributed by atoms with Crippen LogP contribution < -0.4 is 4.90 Å². The smallest absolute Gasteiger partial charge is 0.0723 e. The highest BCUT2D eigenvalue weighted by Crippen LogP contribution is 2.51. The minimum atomic E-state index is 1.09. The van der Waals surface area contributed by atoms with Crippen molar-refractivity contribution in [3.05, 3.63) is 158 Å². The van der Waals surface area contributed by atoms with E-state index in [1.165, 1.54) is 61.0 Å². The molecule has 0 saturated heterocycles. The fourth-order valence-corrected chi connectivity index (χ4v) is 6.14. The average molecular weight is 523 g/mol. The van der Waals surface area contributed by atoms with Crippen molar-refractivity contribution in [2.24, 2.45) is 0 Å². The van der Waals surface area contributed by atoms with E-state index in [2.05, 4.69) is 155 Å². The number of hydrogen-bond acceptors (Lipinski definition) is 2. The third-order valence-electron chi connectivity index (χ3n) is 8.04. The van der Waals surface area contributed by atoms with Gasteiger partial charge in [-0.2, -0.15) is 0 Å². The van der Waals surface area contributed by atoms with Crippen LogP contribution >= 0.6 is 0 Å². The quantitative estimate of drug-likeness (QED) is 0.228. The Morgan fingerprint density at radius 1 is 0.415 bits per heavy atom. The van der Waals surface area contributed by atoms with Crippen LogP contribution in [0, 0.1) is 0 Å². The predicted octanol–water partition coefficient (Wildman–Crippen LogP) is 10.7. The maximum Gasteiger partial charge on any atom is 0.0723 e. The molecule has 2 heterocycles. The van der Waals surface area contributed by atoms with E-state index in [0.29, 0.717) is 0 Å². The Balaban J connectivity index is 1.30. The van der Waals surface area contributed by atoms with Crippen molar-refractivity contribution in [3.8, 4) is 44.5 Å². The van der Waals surface area contributed by atoms with Crippen molar-refractivity contribution in [2.75, 3.05) is 4.90 Å². The molecule has 1 aromatic heterocycles. The molecule has 0 unspecified atom stereocenters. The van der Waals surface area contributed by atoms with Crippen LogP contribution in [-0.4, -0.2) is 4.98 Å². The third kappa shape index (κ3) is 4.00. The normalized spacial score (nSPS) is 11.9. The molecule has 0 spiro atoms. The lowest BCUT2D eigenvalue weighted by molar-refractivity contribution is 1.23. The SMILES string of the molecule is c1ccc(-c2cccc(-c3cccc(N4c5cnccc5-c5cc(-c6ccccc6)cc6cccc4c56)c3)c2)cc1. The van der Waals surface area contributed by atoms with Gasteiger partial charge < -0.3 is 4.90 Å². The number of hydrogen-bond donors (Lipinski definition) is 0. The molecule has 192 valence electrons. The first-order valence-electron chi connectivity index (χ1n) is 14.0. The van der Waals surface area contributed by atoms with Gasteiger partial charge in [0, 0.05) is 22.8 Å². The van der Waals surface area contributed by atoms with Crippen molar-refractivity contribution in [1.82, 2.24) is 4.98 Å². The summed E-state index contributed by atoms with van der Waals surface area (Å²) in [4.78, 5) is 6.94. The molecule has 0 bridgehead atoms. The molecule has 0 radical (unpaired) electrons. The van der Waals surface area contributed by atoms with Gasteiger partial charge in [0.15, 0.2) is 0 Å². The van der Waals surface area contributed by atoms with Crippen LogP contribution in [0.15, 0.2) is 158 Å². The van der Waals surface area contributed by atoms with Crippen LogP contribution in [0.25, 0.3) is 55.3 Å². The van der Waals surface area contributed by atoms with Crippen LogP contribution in [0.5, 0.6) is 0 Å². The largest absolute Gasteiger partial charge is 0.308 e. The minimum Gasteiger partial charge on any atom is -0.308 e. The maximum absolute atomic E-state index is 4.58. The molecule has 2 nitrogen and oxygen atoms in total. The van der Waals surface area contributed by atoms with Gasteiger partial charge in [0.2, 0.25) is 0 Å². The number of anilines is 3. The first kappa shape index (κ1) is 23.4. The minimum absolute atomic E-state index is 1.09. The molecular formula is C39H26N2. The van der Waals surface area contributed by atoms with E-state index < -0.39 is 0 Å². The van der Waals surface area contributed by atoms with Gasteiger partial charge in [0.25, 0.3) is 0 Å². The van der Waals surface area contributed by atoms with Crippen molar-refractivity contribution in [1.29, 1.82) is 0 Å². The molecule has 2 heteroatoms. The number of benzene rings is 6. The van der Waals surface area contributed by atoms with Gasteiger partial charge >= 0.3 is 0 Å². The molecule has 1 aliphatic rings. The van der Waals surface area contributed by atoms with Gasteiger partial charge in [0.1, 0.15) is 0 Å². The molecule has 1 aliphatic heterocycles. The van der Waals surface area contributed by atoms with Crippen molar-refractivity contribution < 1.29 is 0 Å². The summed E-state index contributed by atoms with van der Waals surface area (Å²) >= 11 is 0. The highest BCUT2D eigenvalue weighted by molar-refractivity contribution is 6.15. The fourth-order valence-electron chi connectivity index (χ4n) is 6.14. The molecule has 0 amide bonds. The van der Waals surface area contributed by atoms with Crippen LogP contribution in [0.2, 0.25) is 0 Å². The molecule has 0 N–H and O–H groups in total. The first-order valence-corrected chi connectivity index (χ1v) is 14.0. The van der Waals surface area contributed by atoms with E-state index in [9.17, 15) is 0 Å². The van der Waals surface area contributed by atoms with Crippen molar-refractivity contribution in [2.45, 2.75) is 0 Å². The Morgan fingerprint density at radius 2 is 1.05 bits per heavy atom. The summed E-state index contributed by atoms with van der Waals surface area (Å²) in [5.41, 5.74) is 13.1. The molecule has 6 aromatic carbocycles. The van der Waals surface area contributed by atoms with E-state index in [-0.39, 0.29) is 0 Å². The molecular weight excluding hydrogens is 496 g/mol. The number of aromatic nitrogens is 1. The van der Waals surface area contributed by atoms with E-state index in [4.69, 9.17) is 0 Å². The number of fused-ring (bicyclic) bond motifs is 2. The van der Waals surface area contributed by atoms with Gasteiger partial charge in [0.05, 0.1) is 17.6 Å². The second-order valence-electron chi connectivity index (χ2n) is 10.5. The zero-order chi connectivity index (χ0) is 27.2. The van der Waals surface area contributed by atoms with Crippen LogP contribution in [0.3, 0.4) is 0 Å². The van der Waals surface area contributed by atoms with E-state index in [0.717, 1.165) is 11.4 Å². The Morgan fingerprint density at radius 3 is 1.83 bits per heavy atom. The molecule has 0 atom stereocenters. The molecule has 0 aliphatic carbocycles. The summed E-state index contributed by atoms with van der Waals surface area (Å²) in [7, 11) is 0. The Kier molecular flexibility index (Phi) is 5.49. The highest BCUT2D eigenvalue weighted by Gasteiger charge is 2.27. The van der Waals surface area contributed by atoms with E-state index in [1.54, 1.807) is 0 Å². The lowest BCUT2D eigenvalue weighted by Crippen LogP contribution is -2.15. The second-order valence-corrected chi connectivity index (χ2v) is 10.5. The van der Waals surface area contributed by atoms with Crippen LogP contribution in [-0.2, 0) is 0 Å². The predicted molar refractivity (Wildman–Crippen MR) is 172 cm³/mol. The van der Waals surface area contributed by atoms with E-state index in [1.807, 2.05) is 12.4 Å². The topological polar surface area (TPSA) is 16.1 Å². The van der Waals surface area contributed by atoms with Crippen molar-refractivity contribution in [3.63, 3.8) is 0 Å². The number of nitrogens with zero attached hydrogens (tertiary/aromatic N) is 2. The average Bonchev–Trinajstić information content (AvgIpc) is 3.06. The van der Waals surface area contributed by atoms with Gasteiger partial charge in [-0.25, -0.2) is 0 Å². The number of pyridine rings is 1. The van der Waals surface area contributed by atoms with Crippen LogP contribution in [0.4, 0.5) is 17.1 Å². The van der Waals surface area contributed by atoms with Crippen LogP contribution in [0.1, 0.15) is 0 Å². The van der Waals surface area contributed by atoms with Gasteiger partial charge in [-0.05, 0) is 86.8 Å².